The highest BCUT2D eigenvalue weighted by atomic mass is 32.2. The van der Waals surface area contributed by atoms with E-state index >= 15 is 0 Å². The van der Waals surface area contributed by atoms with Gasteiger partial charge in [-0.3, -0.25) is 4.79 Å². The summed E-state index contributed by atoms with van der Waals surface area (Å²) in [7, 11) is -3.04. The molecule has 1 amide bonds. The van der Waals surface area contributed by atoms with Crippen molar-refractivity contribution in [1.29, 1.82) is 0 Å². The van der Waals surface area contributed by atoms with Crippen molar-refractivity contribution in [3.63, 3.8) is 0 Å². The highest BCUT2D eigenvalue weighted by Crippen LogP contribution is 2.25. The van der Waals surface area contributed by atoms with Crippen molar-refractivity contribution in [1.82, 2.24) is 0 Å². The summed E-state index contributed by atoms with van der Waals surface area (Å²) in [5.74, 6) is -0.0793. The summed E-state index contributed by atoms with van der Waals surface area (Å²) < 4.78 is 24.1. The number of carbonyl (C=O) groups excluding carboxylic acids is 1. The van der Waals surface area contributed by atoms with Gasteiger partial charge in [-0.05, 0) is 37.5 Å². The normalized spacial score (nSPS) is 16.0. The Balaban J connectivity index is 1.76. The molecule has 0 atom stereocenters. The second-order valence-electron chi connectivity index (χ2n) is 5.55. The molecule has 3 N–H and O–H groups in total. The van der Waals surface area contributed by atoms with Gasteiger partial charge in [-0.25, -0.2) is 8.42 Å². The van der Waals surface area contributed by atoms with Gasteiger partial charge in [-0.2, -0.15) is 0 Å². The summed E-state index contributed by atoms with van der Waals surface area (Å²) in [6.45, 7) is 0. The molecule has 0 heterocycles. The molecule has 0 spiro atoms. The molecule has 1 aliphatic rings. The summed E-state index contributed by atoms with van der Waals surface area (Å²) in [6.07, 6.45) is 4.13. The van der Waals surface area contributed by atoms with Crippen LogP contribution in [0.25, 0.3) is 0 Å². The molecular formula is C15H22N2O3S. The van der Waals surface area contributed by atoms with E-state index in [0.717, 1.165) is 25.7 Å². The first-order valence-electron chi connectivity index (χ1n) is 7.34. The van der Waals surface area contributed by atoms with E-state index in [4.69, 9.17) is 5.73 Å². The Morgan fingerprint density at radius 1 is 1.29 bits per heavy atom. The fourth-order valence-electron chi connectivity index (χ4n) is 2.69. The molecule has 0 saturated heterocycles. The summed E-state index contributed by atoms with van der Waals surface area (Å²) >= 11 is 0. The molecule has 1 aromatic rings. The number of anilines is 2. The number of nitrogens with two attached hydrogens (primary N) is 1. The molecule has 5 nitrogen and oxygen atoms in total. The molecule has 1 aromatic carbocycles. The molecule has 0 unspecified atom stereocenters. The topological polar surface area (TPSA) is 89.3 Å². The SMILES string of the molecule is Nc1cccc(NC(=O)CCCS(=O)(=O)C2CCCC2)c1. The zero-order valence-corrected chi connectivity index (χ0v) is 12.9. The van der Waals surface area contributed by atoms with E-state index in [1.807, 2.05) is 0 Å². The van der Waals surface area contributed by atoms with Gasteiger partial charge in [0, 0.05) is 17.8 Å². The molecule has 116 valence electrons. The highest BCUT2D eigenvalue weighted by molar-refractivity contribution is 7.92. The summed E-state index contributed by atoms with van der Waals surface area (Å²) in [4.78, 5) is 11.8. The predicted octanol–water partition coefficient (Wildman–Crippen LogP) is 2.34. The van der Waals surface area contributed by atoms with Crippen molar-refractivity contribution >= 4 is 27.1 Å². The zero-order chi connectivity index (χ0) is 15.3. The number of rotatable bonds is 6. The lowest BCUT2D eigenvalue weighted by atomic mass is 10.2. The Bertz CT molecular complexity index is 593. The van der Waals surface area contributed by atoms with Gasteiger partial charge in [0.25, 0.3) is 0 Å². The van der Waals surface area contributed by atoms with Gasteiger partial charge in [0.2, 0.25) is 5.91 Å². The fourth-order valence-corrected chi connectivity index (χ4v) is 4.62. The number of amides is 1. The van der Waals surface area contributed by atoms with Gasteiger partial charge in [0.1, 0.15) is 0 Å². The first-order valence-corrected chi connectivity index (χ1v) is 9.06. The molecule has 1 aliphatic carbocycles. The van der Waals surface area contributed by atoms with Gasteiger partial charge in [-0.15, -0.1) is 0 Å². The maximum atomic E-state index is 12.1. The minimum Gasteiger partial charge on any atom is -0.399 e. The maximum absolute atomic E-state index is 12.1. The number of sulfone groups is 1. The molecule has 0 aliphatic heterocycles. The summed E-state index contributed by atoms with van der Waals surface area (Å²) in [5, 5.41) is 2.54. The predicted molar refractivity (Wildman–Crippen MR) is 84.8 cm³/mol. The van der Waals surface area contributed by atoms with E-state index in [9.17, 15) is 13.2 Å². The average Bonchev–Trinajstić information content (AvgIpc) is 2.93. The van der Waals surface area contributed by atoms with Crippen LogP contribution in [-0.2, 0) is 14.6 Å². The Kier molecular flexibility index (Phi) is 5.22. The van der Waals surface area contributed by atoms with E-state index in [0.29, 0.717) is 17.8 Å². The van der Waals surface area contributed by atoms with Crippen molar-refractivity contribution in [2.75, 3.05) is 16.8 Å². The number of benzene rings is 1. The van der Waals surface area contributed by atoms with Crippen LogP contribution in [0.3, 0.4) is 0 Å². The minimum absolute atomic E-state index is 0.0992. The quantitative estimate of drug-likeness (QED) is 0.789. The Morgan fingerprint density at radius 3 is 2.67 bits per heavy atom. The molecule has 6 heteroatoms. The van der Waals surface area contributed by atoms with Crippen LogP contribution in [0.5, 0.6) is 0 Å². The van der Waals surface area contributed by atoms with Crippen LogP contribution >= 0.6 is 0 Å². The smallest absolute Gasteiger partial charge is 0.224 e. The molecule has 0 radical (unpaired) electrons. The van der Waals surface area contributed by atoms with E-state index in [1.54, 1.807) is 24.3 Å². The zero-order valence-electron chi connectivity index (χ0n) is 12.0. The van der Waals surface area contributed by atoms with Crippen molar-refractivity contribution in [2.45, 2.75) is 43.8 Å². The third-order valence-corrected chi connectivity index (χ3v) is 6.16. The number of hydrogen-bond donors (Lipinski definition) is 2. The third kappa shape index (κ3) is 4.74. The van der Waals surface area contributed by atoms with Crippen LogP contribution in [-0.4, -0.2) is 25.3 Å². The third-order valence-electron chi connectivity index (χ3n) is 3.81. The van der Waals surface area contributed by atoms with Gasteiger partial charge in [-0.1, -0.05) is 18.9 Å². The average molecular weight is 310 g/mol. The molecule has 0 bridgehead atoms. The molecule has 1 saturated carbocycles. The lowest BCUT2D eigenvalue weighted by Crippen LogP contribution is -2.22. The van der Waals surface area contributed by atoms with Crippen molar-refractivity contribution in [2.24, 2.45) is 0 Å². The monoisotopic (exact) mass is 310 g/mol. The lowest BCUT2D eigenvalue weighted by molar-refractivity contribution is -0.116. The largest absolute Gasteiger partial charge is 0.399 e. The molecular weight excluding hydrogens is 288 g/mol. The lowest BCUT2D eigenvalue weighted by Gasteiger charge is -2.11. The van der Waals surface area contributed by atoms with Gasteiger partial charge < -0.3 is 11.1 Å². The number of carbonyl (C=O) groups is 1. The van der Waals surface area contributed by atoms with Crippen LogP contribution in [0.4, 0.5) is 11.4 Å². The second-order valence-corrected chi connectivity index (χ2v) is 7.95. The van der Waals surface area contributed by atoms with Crippen LogP contribution in [0, 0.1) is 0 Å². The molecule has 21 heavy (non-hydrogen) atoms. The Morgan fingerprint density at radius 2 is 2.00 bits per heavy atom. The van der Waals surface area contributed by atoms with Crippen molar-refractivity contribution in [3.05, 3.63) is 24.3 Å². The van der Waals surface area contributed by atoms with Crippen LogP contribution in [0.15, 0.2) is 24.3 Å². The van der Waals surface area contributed by atoms with Crippen LogP contribution in [0.2, 0.25) is 0 Å². The fraction of sp³-hybridized carbons (Fsp3) is 0.533. The highest BCUT2D eigenvalue weighted by Gasteiger charge is 2.28. The van der Waals surface area contributed by atoms with Crippen LogP contribution in [0.1, 0.15) is 38.5 Å². The van der Waals surface area contributed by atoms with E-state index in [2.05, 4.69) is 5.32 Å². The summed E-state index contributed by atoms with van der Waals surface area (Å²) in [6, 6.07) is 6.93. The Hall–Kier alpha value is -1.56. The molecule has 1 fully saturated rings. The number of nitrogens with one attached hydrogen (secondary N) is 1. The first-order chi connectivity index (χ1) is 9.97. The van der Waals surface area contributed by atoms with E-state index in [-0.39, 0.29) is 23.3 Å². The number of nitrogen functional groups attached to an aromatic ring is 1. The van der Waals surface area contributed by atoms with Crippen LogP contribution < -0.4 is 11.1 Å². The standard InChI is InChI=1S/C15H22N2O3S/c16-12-5-3-6-13(11-12)17-15(18)9-4-10-21(19,20)14-7-1-2-8-14/h3,5-6,11,14H,1-2,4,7-10,16H2,(H,17,18). The maximum Gasteiger partial charge on any atom is 0.224 e. The Labute approximate surface area is 125 Å². The molecule has 2 rings (SSSR count). The van der Waals surface area contributed by atoms with Crippen molar-refractivity contribution in [3.8, 4) is 0 Å². The van der Waals surface area contributed by atoms with E-state index < -0.39 is 9.84 Å². The van der Waals surface area contributed by atoms with E-state index in [1.165, 1.54) is 0 Å². The van der Waals surface area contributed by atoms with Gasteiger partial charge in [0.05, 0.1) is 11.0 Å². The first kappa shape index (κ1) is 15.8. The van der Waals surface area contributed by atoms with Gasteiger partial charge >= 0.3 is 0 Å². The summed E-state index contributed by atoms with van der Waals surface area (Å²) in [5.41, 5.74) is 6.85. The van der Waals surface area contributed by atoms with Gasteiger partial charge in [0.15, 0.2) is 9.84 Å². The van der Waals surface area contributed by atoms with Crippen molar-refractivity contribution < 1.29 is 13.2 Å². The second kappa shape index (κ2) is 6.93. The number of hydrogen-bond acceptors (Lipinski definition) is 4. The minimum atomic E-state index is -3.04. The molecule has 0 aromatic heterocycles.